The lowest BCUT2D eigenvalue weighted by Crippen LogP contribution is -2.32. The molecule has 0 bridgehead atoms. The van der Waals surface area contributed by atoms with E-state index in [0.717, 1.165) is 48.6 Å². The van der Waals surface area contributed by atoms with E-state index in [-0.39, 0.29) is 5.88 Å². The summed E-state index contributed by atoms with van der Waals surface area (Å²) in [7, 11) is 0. The van der Waals surface area contributed by atoms with Gasteiger partial charge < -0.3 is 16.2 Å². The fourth-order valence-electron chi connectivity index (χ4n) is 3.23. The number of fused-ring (bicyclic) bond motifs is 1. The Kier molecular flexibility index (Phi) is 3.97. The Morgan fingerprint density at radius 1 is 1.29 bits per heavy atom. The van der Waals surface area contributed by atoms with Crippen LogP contribution < -0.4 is 11.1 Å². The topological polar surface area (TPSA) is 71.2 Å². The fourth-order valence-corrected chi connectivity index (χ4v) is 3.23. The number of benzene rings is 1. The van der Waals surface area contributed by atoms with Gasteiger partial charge in [-0.1, -0.05) is 13.0 Å². The number of anilines is 1. The summed E-state index contributed by atoms with van der Waals surface area (Å²) in [5.41, 5.74) is 8.24. The highest BCUT2D eigenvalue weighted by Crippen LogP contribution is 2.33. The molecule has 1 fully saturated rings. The van der Waals surface area contributed by atoms with Gasteiger partial charge in [-0.25, -0.2) is 4.98 Å². The molecule has 0 saturated heterocycles. The lowest BCUT2D eigenvalue weighted by molar-refractivity contribution is 0.411. The first-order chi connectivity index (χ1) is 10.2. The molecule has 1 aliphatic rings. The minimum absolute atomic E-state index is 0.108. The number of aromatic nitrogens is 1. The molecular formula is C17H23N3O. The van der Waals surface area contributed by atoms with Crippen LogP contribution in [0.25, 0.3) is 10.8 Å². The van der Waals surface area contributed by atoms with Crippen LogP contribution in [0.15, 0.2) is 24.4 Å². The molecule has 1 aromatic heterocycles. The number of hydrogen-bond acceptors (Lipinski definition) is 4. The summed E-state index contributed by atoms with van der Waals surface area (Å²) in [5.74, 6) is 0.108. The first kappa shape index (κ1) is 14.1. The minimum Gasteiger partial charge on any atom is -0.493 e. The quantitative estimate of drug-likeness (QED) is 0.810. The second-order valence-electron chi connectivity index (χ2n) is 5.94. The van der Waals surface area contributed by atoms with Gasteiger partial charge in [-0.15, -0.1) is 0 Å². The van der Waals surface area contributed by atoms with E-state index in [1.807, 2.05) is 12.1 Å². The minimum atomic E-state index is 0.108. The highest BCUT2D eigenvalue weighted by Gasteiger charge is 2.19. The summed E-state index contributed by atoms with van der Waals surface area (Å²) in [6.07, 6.45) is 7.05. The van der Waals surface area contributed by atoms with Gasteiger partial charge in [0, 0.05) is 34.7 Å². The molecule has 1 aliphatic carbocycles. The largest absolute Gasteiger partial charge is 0.493 e. The number of aryl methyl sites for hydroxylation is 1. The molecule has 1 aromatic carbocycles. The van der Waals surface area contributed by atoms with E-state index in [4.69, 9.17) is 5.73 Å². The van der Waals surface area contributed by atoms with E-state index in [9.17, 15) is 5.11 Å². The van der Waals surface area contributed by atoms with E-state index in [1.54, 1.807) is 6.20 Å². The zero-order valence-electron chi connectivity index (χ0n) is 12.5. The van der Waals surface area contributed by atoms with Crippen molar-refractivity contribution in [3.05, 3.63) is 30.0 Å². The van der Waals surface area contributed by atoms with E-state index in [0.29, 0.717) is 12.1 Å². The standard InChI is InChI=1S/C17H23N3O/c1-2-11-10-19-17(21)14-4-3-5-15(16(11)14)20-13-8-6-12(18)7-9-13/h3-5,10,12-13,20H,2,6-9,18H2,1H3,(H,19,21). The molecule has 0 unspecified atom stereocenters. The van der Waals surface area contributed by atoms with Crippen molar-refractivity contribution in [3.63, 3.8) is 0 Å². The van der Waals surface area contributed by atoms with Crippen LogP contribution in [0.4, 0.5) is 5.69 Å². The monoisotopic (exact) mass is 285 g/mol. The maximum Gasteiger partial charge on any atom is 0.218 e. The maximum absolute atomic E-state index is 10.0. The molecule has 0 radical (unpaired) electrons. The van der Waals surface area contributed by atoms with Gasteiger partial charge in [0.05, 0.1) is 0 Å². The van der Waals surface area contributed by atoms with Crippen LogP contribution in [-0.2, 0) is 6.42 Å². The van der Waals surface area contributed by atoms with Crippen LogP contribution in [0.3, 0.4) is 0 Å². The van der Waals surface area contributed by atoms with Crippen LogP contribution in [0.2, 0.25) is 0 Å². The zero-order chi connectivity index (χ0) is 14.8. The Morgan fingerprint density at radius 3 is 2.76 bits per heavy atom. The molecule has 2 aromatic rings. The highest BCUT2D eigenvalue weighted by molar-refractivity contribution is 5.99. The summed E-state index contributed by atoms with van der Waals surface area (Å²) in [5, 5.41) is 15.6. The Balaban J connectivity index is 1.96. The van der Waals surface area contributed by atoms with Crippen LogP contribution in [0.5, 0.6) is 5.88 Å². The lowest BCUT2D eigenvalue weighted by atomic mass is 9.91. The molecule has 0 atom stereocenters. The van der Waals surface area contributed by atoms with Crippen LogP contribution in [0.1, 0.15) is 38.2 Å². The van der Waals surface area contributed by atoms with Crippen LogP contribution in [-0.4, -0.2) is 22.2 Å². The van der Waals surface area contributed by atoms with Gasteiger partial charge in [0.25, 0.3) is 0 Å². The van der Waals surface area contributed by atoms with Crippen LogP contribution >= 0.6 is 0 Å². The number of hydrogen-bond donors (Lipinski definition) is 3. The zero-order valence-corrected chi connectivity index (χ0v) is 12.5. The van der Waals surface area contributed by atoms with Crippen molar-refractivity contribution in [1.82, 2.24) is 4.98 Å². The SMILES string of the molecule is CCc1cnc(O)c2cccc(NC3CCC(N)CC3)c12. The number of rotatable bonds is 3. The number of nitrogens with two attached hydrogens (primary N) is 1. The average molecular weight is 285 g/mol. The van der Waals surface area contributed by atoms with Gasteiger partial charge in [-0.05, 0) is 49.8 Å². The van der Waals surface area contributed by atoms with Crippen molar-refractivity contribution < 1.29 is 5.11 Å². The number of pyridine rings is 1. The normalized spacial score (nSPS) is 22.4. The van der Waals surface area contributed by atoms with Crippen molar-refractivity contribution >= 4 is 16.5 Å². The van der Waals surface area contributed by atoms with Crippen molar-refractivity contribution in [1.29, 1.82) is 0 Å². The summed E-state index contributed by atoms with van der Waals surface area (Å²) in [4.78, 5) is 4.09. The van der Waals surface area contributed by atoms with E-state index >= 15 is 0 Å². The molecule has 4 nitrogen and oxygen atoms in total. The molecule has 0 amide bonds. The van der Waals surface area contributed by atoms with Gasteiger partial charge in [0.1, 0.15) is 0 Å². The van der Waals surface area contributed by atoms with Gasteiger partial charge in [-0.2, -0.15) is 0 Å². The van der Waals surface area contributed by atoms with E-state index < -0.39 is 0 Å². The molecule has 112 valence electrons. The third-order valence-corrected chi connectivity index (χ3v) is 4.48. The summed E-state index contributed by atoms with van der Waals surface area (Å²) in [6, 6.07) is 6.82. The first-order valence-corrected chi connectivity index (χ1v) is 7.80. The second kappa shape index (κ2) is 5.90. The van der Waals surface area contributed by atoms with Crippen molar-refractivity contribution in [2.75, 3.05) is 5.32 Å². The van der Waals surface area contributed by atoms with E-state index in [1.165, 1.54) is 5.56 Å². The second-order valence-corrected chi connectivity index (χ2v) is 5.94. The highest BCUT2D eigenvalue weighted by atomic mass is 16.3. The third kappa shape index (κ3) is 2.81. The fraction of sp³-hybridized carbons (Fsp3) is 0.471. The predicted octanol–water partition coefficient (Wildman–Crippen LogP) is 3.18. The Labute approximate surface area is 125 Å². The predicted molar refractivity (Wildman–Crippen MR) is 86.6 cm³/mol. The Hall–Kier alpha value is -1.81. The summed E-state index contributed by atoms with van der Waals surface area (Å²) in [6.45, 7) is 2.11. The molecular weight excluding hydrogens is 262 g/mol. The number of aromatic hydroxyl groups is 1. The summed E-state index contributed by atoms with van der Waals surface area (Å²) < 4.78 is 0. The maximum atomic E-state index is 10.0. The number of nitrogens with one attached hydrogen (secondary N) is 1. The molecule has 0 aliphatic heterocycles. The van der Waals surface area contributed by atoms with Crippen molar-refractivity contribution in [3.8, 4) is 5.88 Å². The van der Waals surface area contributed by atoms with E-state index in [2.05, 4.69) is 23.3 Å². The lowest BCUT2D eigenvalue weighted by Gasteiger charge is -2.28. The average Bonchev–Trinajstić information content (AvgIpc) is 2.51. The molecule has 4 heteroatoms. The summed E-state index contributed by atoms with van der Waals surface area (Å²) >= 11 is 0. The van der Waals surface area contributed by atoms with Crippen molar-refractivity contribution in [2.24, 2.45) is 5.73 Å². The van der Waals surface area contributed by atoms with Gasteiger partial charge in [-0.3, -0.25) is 0 Å². The smallest absolute Gasteiger partial charge is 0.218 e. The van der Waals surface area contributed by atoms with Gasteiger partial charge in [0.15, 0.2) is 0 Å². The van der Waals surface area contributed by atoms with Gasteiger partial charge in [0.2, 0.25) is 5.88 Å². The van der Waals surface area contributed by atoms with Crippen molar-refractivity contribution in [2.45, 2.75) is 51.1 Å². The third-order valence-electron chi connectivity index (χ3n) is 4.48. The first-order valence-electron chi connectivity index (χ1n) is 7.80. The van der Waals surface area contributed by atoms with Crippen LogP contribution in [0, 0.1) is 0 Å². The molecule has 21 heavy (non-hydrogen) atoms. The molecule has 4 N–H and O–H groups in total. The molecule has 3 rings (SSSR count). The molecule has 1 heterocycles. The number of nitrogens with zero attached hydrogens (tertiary/aromatic N) is 1. The Morgan fingerprint density at radius 2 is 2.05 bits per heavy atom. The molecule has 1 saturated carbocycles. The van der Waals surface area contributed by atoms with Gasteiger partial charge >= 0.3 is 0 Å². The molecule has 0 spiro atoms. The Bertz CT molecular complexity index is 633.